The van der Waals surface area contributed by atoms with Crippen LogP contribution < -0.4 is 5.32 Å². The fourth-order valence-corrected chi connectivity index (χ4v) is 1.50. The van der Waals surface area contributed by atoms with E-state index in [-0.39, 0.29) is 0 Å². The zero-order valence-electron chi connectivity index (χ0n) is 9.71. The van der Waals surface area contributed by atoms with Gasteiger partial charge < -0.3 is 5.32 Å². The molecule has 2 heteroatoms. The lowest BCUT2D eigenvalue weighted by atomic mass is 10.1. The van der Waals surface area contributed by atoms with Crippen LogP contribution in [0, 0.1) is 0 Å². The normalized spacial score (nSPS) is 10.0. The number of hydrogen-bond acceptors (Lipinski definition) is 2. The van der Waals surface area contributed by atoms with Gasteiger partial charge in [-0.05, 0) is 37.5 Å². The Hall–Kier alpha value is -1.31. The zero-order valence-corrected chi connectivity index (χ0v) is 9.71. The molecule has 2 nitrogen and oxygen atoms in total. The highest BCUT2D eigenvalue weighted by atomic mass is 15.0. The first-order chi connectivity index (χ1) is 7.22. The maximum Gasteiger partial charge on any atom is 0.130 e. The molecule has 1 aromatic rings. The summed E-state index contributed by atoms with van der Waals surface area (Å²) in [4.78, 5) is 4.24. The van der Waals surface area contributed by atoms with Crippen LogP contribution in [-0.4, -0.2) is 4.98 Å². The van der Waals surface area contributed by atoms with E-state index in [1.54, 1.807) is 0 Å². The summed E-state index contributed by atoms with van der Waals surface area (Å²) in [6.45, 7) is 7.96. The quantitative estimate of drug-likeness (QED) is 0.714. The molecule has 0 aromatic carbocycles. The maximum atomic E-state index is 4.24. The Morgan fingerprint density at radius 2 is 2.27 bits per heavy atom. The second-order valence-corrected chi connectivity index (χ2v) is 3.91. The number of aromatic nitrogens is 1. The first-order valence-electron chi connectivity index (χ1n) is 5.60. The van der Waals surface area contributed by atoms with Crippen LogP contribution in [0.3, 0.4) is 0 Å². The summed E-state index contributed by atoms with van der Waals surface area (Å²) >= 11 is 0. The van der Waals surface area contributed by atoms with E-state index in [1.807, 2.05) is 13.1 Å². The number of hydrogen-bond donors (Lipinski definition) is 1. The molecule has 0 aliphatic rings. The molecule has 0 aliphatic heterocycles. The summed E-state index contributed by atoms with van der Waals surface area (Å²) in [5.74, 6) is 0.900. The molecule has 15 heavy (non-hydrogen) atoms. The van der Waals surface area contributed by atoms with Crippen LogP contribution in [0.2, 0.25) is 0 Å². The highest BCUT2D eigenvalue weighted by molar-refractivity contribution is 5.42. The lowest BCUT2D eigenvalue weighted by Crippen LogP contribution is -1.97. The topological polar surface area (TPSA) is 24.9 Å². The summed E-state index contributed by atoms with van der Waals surface area (Å²) in [6, 6.07) is 4.18. The van der Waals surface area contributed by atoms with Gasteiger partial charge in [-0.25, -0.2) is 4.98 Å². The standard InChI is InChI=1S/C13H20N2/c1-4-5-6-7-12-8-9-14-13(10-12)15-11(2)3/h8-10H,2,4-7H2,1,3H3,(H,14,15). The highest BCUT2D eigenvalue weighted by Gasteiger charge is 1.97. The number of allylic oxidation sites excluding steroid dienone is 1. The zero-order chi connectivity index (χ0) is 11.1. The number of nitrogens with zero attached hydrogens (tertiary/aromatic N) is 1. The second-order valence-electron chi connectivity index (χ2n) is 3.91. The van der Waals surface area contributed by atoms with E-state index >= 15 is 0 Å². The predicted molar refractivity (Wildman–Crippen MR) is 65.9 cm³/mol. The van der Waals surface area contributed by atoms with Crippen molar-refractivity contribution in [1.29, 1.82) is 0 Å². The summed E-state index contributed by atoms with van der Waals surface area (Å²) in [7, 11) is 0. The number of nitrogens with one attached hydrogen (secondary N) is 1. The van der Waals surface area contributed by atoms with E-state index < -0.39 is 0 Å². The molecule has 0 atom stereocenters. The molecule has 0 spiro atoms. The number of pyridine rings is 1. The van der Waals surface area contributed by atoms with Crippen LogP contribution in [0.4, 0.5) is 5.82 Å². The third-order valence-corrected chi connectivity index (χ3v) is 2.23. The molecule has 0 bridgehead atoms. The molecule has 0 unspecified atom stereocenters. The van der Waals surface area contributed by atoms with Crippen molar-refractivity contribution in [3.05, 3.63) is 36.2 Å². The molecule has 0 saturated carbocycles. The van der Waals surface area contributed by atoms with Crippen molar-refractivity contribution in [2.45, 2.75) is 39.5 Å². The predicted octanol–water partition coefficient (Wildman–Crippen LogP) is 3.76. The van der Waals surface area contributed by atoms with Crippen molar-refractivity contribution >= 4 is 5.82 Å². The van der Waals surface area contributed by atoms with E-state index in [0.29, 0.717) is 0 Å². The van der Waals surface area contributed by atoms with Gasteiger partial charge >= 0.3 is 0 Å². The molecule has 0 aliphatic carbocycles. The van der Waals surface area contributed by atoms with Crippen molar-refractivity contribution in [2.24, 2.45) is 0 Å². The number of rotatable bonds is 6. The molecule has 0 radical (unpaired) electrons. The molecular weight excluding hydrogens is 184 g/mol. The van der Waals surface area contributed by atoms with Crippen LogP contribution in [0.5, 0.6) is 0 Å². The monoisotopic (exact) mass is 204 g/mol. The number of aryl methyl sites for hydroxylation is 1. The summed E-state index contributed by atoms with van der Waals surface area (Å²) in [5, 5.41) is 3.13. The molecule has 0 saturated heterocycles. The number of anilines is 1. The lowest BCUT2D eigenvalue weighted by Gasteiger charge is -2.06. The van der Waals surface area contributed by atoms with E-state index in [0.717, 1.165) is 17.9 Å². The van der Waals surface area contributed by atoms with E-state index in [4.69, 9.17) is 0 Å². The molecule has 1 N–H and O–H groups in total. The van der Waals surface area contributed by atoms with E-state index in [2.05, 4.69) is 35.9 Å². The summed E-state index contributed by atoms with van der Waals surface area (Å²) in [5.41, 5.74) is 2.27. The van der Waals surface area contributed by atoms with Crippen LogP contribution in [0.1, 0.15) is 38.7 Å². The number of unbranched alkanes of at least 4 members (excludes halogenated alkanes) is 2. The van der Waals surface area contributed by atoms with E-state index in [9.17, 15) is 0 Å². The third-order valence-electron chi connectivity index (χ3n) is 2.23. The Kier molecular flexibility index (Phi) is 4.88. The van der Waals surface area contributed by atoms with Gasteiger partial charge in [0.25, 0.3) is 0 Å². The van der Waals surface area contributed by atoms with Gasteiger partial charge in [0, 0.05) is 11.9 Å². The van der Waals surface area contributed by atoms with Gasteiger partial charge in [-0.15, -0.1) is 0 Å². The first kappa shape index (κ1) is 11.8. The fraction of sp³-hybridized carbons (Fsp3) is 0.462. The summed E-state index contributed by atoms with van der Waals surface area (Å²) < 4.78 is 0. The third kappa shape index (κ3) is 4.63. The van der Waals surface area contributed by atoms with Gasteiger partial charge in [0.15, 0.2) is 0 Å². The van der Waals surface area contributed by atoms with Crippen molar-refractivity contribution in [1.82, 2.24) is 4.98 Å². The molecule has 1 aromatic heterocycles. The van der Waals surface area contributed by atoms with Crippen molar-refractivity contribution in [3.63, 3.8) is 0 Å². The van der Waals surface area contributed by atoms with Gasteiger partial charge in [0.2, 0.25) is 0 Å². The molecule has 1 heterocycles. The average Bonchev–Trinajstić information content (AvgIpc) is 2.18. The van der Waals surface area contributed by atoms with E-state index in [1.165, 1.54) is 24.8 Å². The largest absolute Gasteiger partial charge is 0.345 e. The van der Waals surface area contributed by atoms with Crippen LogP contribution in [0.25, 0.3) is 0 Å². The van der Waals surface area contributed by atoms with Gasteiger partial charge in [-0.1, -0.05) is 26.3 Å². The Labute approximate surface area is 92.4 Å². The highest BCUT2D eigenvalue weighted by Crippen LogP contribution is 2.11. The summed E-state index contributed by atoms with van der Waals surface area (Å²) in [6.07, 6.45) is 6.81. The molecule has 1 rings (SSSR count). The molecule has 0 fully saturated rings. The minimum Gasteiger partial charge on any atom is -0.345 e. The van der Waals surface area contributed by atoms with Gasteiger partial charge in [-0.3, -0.25) is 0 Å². The van der Waals surface area contributed by atoms with Crippen molar-refractivity contribution in [2.75, 3.05) is 5.32 Å². The minimum atomic E-state index is 0.900. The van der Waals surface area contributed by atoms with Crippen molar-refractivity contribution < 1.29 is 0 Å². The Morgan fingerprint density at radius 3 is 2.93 bits per heavy atom. The SMILES string of the molecule is C=C(C)Nc1cc(CCCCC)ccn1. The molecule has 82 valence electrons. The van der Waals surface area contributed by atoms with Gasteiger partial charge in [0.05, 0.1) is 0 Å². The van der Waals surface area contributed by atoms with Crippen LogP contribution in [0.15, 0.2) is 30.6 Å². The first-order valence-corrected chi connectivity index (χ1v) is 5.60. The van der Waals surface area contributed by atoms with Crippen LogP contribution in [-0.2, 0) is 6.42 Å². The molecular formula is C13H20N2. The second kappa shape index (κ2) is 6.23. The Balaban J connectivity index is 2.53. The fourth-order valence-electron chi connectivity index (χ4n) is 1.50. The Morgan fingerprint density at radius 1 is 1.47 bits per heavy atom. The van der Waals surface area contributed by atoms with Gasteiger partial charge in [-0.2, -0.15) is 0 Å². The van der Waals surface area contributed by atoms with Gasteiger partial charge in [0.1, 0.15) is 5.82 Å². The lowest BCUT2D eigenvalue weighted by molar-refractivity contribution is 0.717. The molecule has 0 amide bonds. The van der Waals surface area contributed by atoms with Crippen molar-refractivity contribution in [3.8, 4) is 0 Å². The Bertz CT molecular complexity index is 318. The average molecular weight is 204 g/mol. The smallest absolute Gasteiger partial charge is 0.130 e. The minimum absolute atomic E-state index is 0.900. The van der Waals surface area contributed by atoms with Crippen LogP contribution >= 0.6 is 0 Å². The maximum absolute atomic E-state index is 4.24.